The van der Waals surface area contributed by atoms with Gasteiger partial charge in [0, 0.05) is 12.6 Å². The Morgan fingerprint density at radius 3 is 2.65 bits per heavy atom. The smallest absolute Gasteiger partial charge is 0.305 e. The quantitative estimate of drug-likeness (QED) is 0.562. The van der Waals surface area contributed by atoms with Gasteiger partial charge in [-0.2, -0.15) is 0 Å². The highest BCUT2D eigenvalue weighted by Gasteiger charge is 2.15. The van der Waals surface area contributed by atoms with Gasteiger partial charge in [0.15, 0.2) is 0 Å². The van der Waals surface area contributed by atoms with Crippen molar-refractivity contribution in [3.05, 3.63) is 35.9 Å². The van der Waals surface area contributed by atoms with Crippen molar-refractivity contribution in [2.75, 3.05) is 19.1 Å². The minimum atomic E-state index is -1.95. The molecule has 0 aliphatic rings. The van der Waals surface area contributed by atoms with Gasteiger partial charge in [0.2, 0.25) is 0 Å². The Bertz CT molecular complexity index is 419. The van der Waals surface area contributed by atoms with Crippen LogP contribution in [0.25, 0.3) is 0 Å². The summed E-state index contributed by atoms with van der Waals surface area (Å²) in [7, 11) is -1.95. The van der Waals surface area contributed by atoms with Crippen molar-refractivity contribution in [3.63, 3.8) is 0 Å². The van der Waals surface area contributed by atoms with E-state index in [2.05, 4.69) is 0 Å². The summed E-state index contributed by atoms with van der Waals surface area (Å²) in [5, 5.41) is 8.97. The number of hydrogen-bond donors (Lipinski definition) is 1. The second-order valence-electron chi connectivity index (χ2n) is 4.71. The molecule has 2 atom stereocenters. The lowest BCUT2D eigenvalue weighted by Gasteiger charge is -2.16. The molecule has 0 aliphatic heterocycles. The maximum Gasteiger partial charge on any atom is 0.305 e. The predicted octanol–water partition coefficient (Wildman–Crippen LogP) is 3.01. The first kappa shape index (κ1) is 16.9. The van der Waals surface area contributed by atoms with Gasteiger partial charge in [-0.3, -0.25) is 4.79 Å². The molecule has 0 saturated heterocycles. The normalized spacial score (nSPS) is 13.7. The molecule has 20 heavy (non-hydrogen) atoms. The van der Waals surface area contributed by atoms with Crippen molar-refractivity contribution in [2.45, 2.75) is 32.1 Å². The zero-order valence-electron chi connectivity index (χ0n) is 11.9. The number of carbonyl (C=O) groups is 1. The summed E-state index contributed by atoms with van der Waals surface area (Å²) in [4.78, 5) is 11.3. The number of ether oxygens (including phenoxy) is 1. The molecule has 4 nitrogen and oxygen atoms in total. The van der Waals surface area contributed by atoms with Gasteiger partial charge in [-0.1, -0.05) is 30.3 Å². The van der Waals surface area contributed by atoms with Gasteiger partial charge in [0.1, 0.15) is 7.80 Å². The highest BCUT2D eigenvalue weighted by Crippen LogP contribution is 2.32. The first-order chi connectivity index (χ1) is 9.67. The third kappa shape index (κ3) is 6.36. The van der Waals surface area contributed by atoms with E-state index in [9.17, 15) is 9.36 Å². The lowest BCUT2D eigenvalue weighted by Crippen LogP contribution is -2.07. The third-order valence-corrected chi connectivity index (χ3v) is 4.46. The highest BCUT2D eigenvalue weighted by atomic mass is 31.1. The van der Waals surface area contributed by atoms with E-state index < -0.39 is 7.80 Å². The van der Waals surface area contributed by atoms with Crippen LogP contribution in [-0.4, -0.2) is 30.2 Å². The van der Waals surface area contributed by atoms with Crippen molar-refractivity contribution in [1.82, 2.24) is 0 Å². The van der Waals surface area contributed by atoms with E-state index in [0.29, 0.717) is 25.6 Å². The molecule has 0 spiro atoms. The minimum absolute atomic E-state index is 0.129. The molecule has 1 N–H and O–H groups in total. The summed E-state index contributed by atoms with van der Waals surface area (Å²) < 4.78 is 16.5. The second-order valence-corrected chi connectivity index (χ2v) is 6.51. The molecule has 112 valence electrons. The zero-order chi connectivity index (χ0) is 14.8. The maximum absolute atomic E-state index is 11.6. The van der Waals surface area contributed by atoms with Crippen molar-refractivity contribution >= 4 is 13.8 Å². The number of carbonyl (C=O) groups excluding carboxylic acids is 1. The lowest BCUT2D eigenvalue weighted by molar-refractivity contribution is -0.143. The number of benzene rings is 1. The number of aliphatic hydroxyl groups is 1. The number of hydrogen-bond acceptors (Lipinski definition) is 4. The fourth-order valence-electron chi connectivity index (χ4n) is 2.18. The van der Waals surface area contributed by atoms with Crippen LogP contribution < -0.4 is 0 Å². The first-order valence-corrected chi connectivity index (χ1v) is 8.82. The second kappa shape index (κ2) is 9.73. The van der Waals surface area contributed by atoms with E-state index in [1.807, 2.05) is 30.3 Å². The molecule has 0 saturated carbocycles. The largest absolute Gasteiger partial charge is 0.466 e. The van der Waals surface area contributed by atoms with Crippen LogP contribution in [0.4, 0.5) is 0 Å². The van der Waals surface area contributed by atoms with Gasteiger partial charge in [-0.15, -0.1) is 0 Å². The Morgan fingerprint density at radius 1 is 1.35 bits per heavy atom. The summed E-state index contributed by atoms with van der Waals surface area (Å²) in [5.41, 5.74) is 1.11. The first-order valence-electron chi connectivity index (χ1n) is 7.00. The molecule has 1 aromatic rings. The van der Waals surface area contributed by atoms with Crippen LogP contribution in [0.2, 0.25) is 0 Å². The van der Waals surface area contributed by atoms with E-state index in [4.69, 9.17) is 9.84 Å². The molecule has 0 aromatic heterocycles. The van der Waals surface area contributed by atoms with Crippen molar-refractivity contribution in [1.29, 1.82) is 0 Å². The number of aliphatic hydroxyl groups excluding tert-OH is 1. The summed E-state index contributed by atoms with van der Waals surface area (Å²) in [5.74, 6) is -0.0571. The van der Waals surface area contributed by atoms with E-state index in [-0.39, 0.29) is 18.2 Å². The average molecular weight is 298 g/mol. The third-order valence-electron chi connectivity index (χ3n) is 3.16. The molecule has 1 rings (SSSR count). The maximum atomic E-state index is 11.6. The Kier molecular flexibility index (Phi) is 8.24. The molecule has 0 bridgehead atoms. The molecule has 0 heterocycles. The van der Waals surface area contributed by atoms with E-state index >= 15 is 0 Å². The van der Waals surface area contributed by atoms with Crippen LogP contribution in [0.1, 0.15) is 37.7 Å². The molecule has 5 heteroatoms. The number of rotatable bonds is 9. The van der Waals surface area contributed by atoms with Crippen LogP contribution in [0.3, 0.4) is 0 Å². The zero-order valence-corrected chi connectivity index (χ0v) is 12.9. The van der Waals surface area contributed by atoms with Crippen LogP contribution in [-0.2, 0) is 14.1 Å². The van der Waals surface area contributed by atoms with Gasteiger partial charge in [0.25, 0.3) is 0 Å². The minimum Gasteiger partial charge on any atom is -0.466 e. The monoisotopic (exact) mass is 298 g/mol. The van der Waals surface area contributed by atoms with Gasteiger partial charge in [-0.25, -0.2) is 0 Å². The summed E-state index contributed by atoms with van der Waals surface area (Å²) >= 11 is 0. The van der Waals surface area contributed by atoms with Crippen LogP contribution in [0.15, 0.2) is 30.3 Å². The summed E-state index contributed by atoms with van der Waals surface area (Å²) in [6.45, 7) is 2.19. The Balaban J connectivity index is 2.55. The van der Waals surface area contributed by atoms with Crippen molar-refractivity contribution in [3.8, 4) is 0 Å². The Morgan fingerprint density at radius 2 is 2.05 bits per heavy atom. The fourth-order valence-corrected chi connectivity index (χ4v) is 3.30. The molecule has 0 aliphatic carbocycles. The lowest BCUT2D eigenvalue weighted by atomic mass is 9.95. The Labute approximate surface area is 120 Å². The van der Waals surface area contributed by atoms with Gasteiger partial charge >= 0.3 is 5.97 Å². The SMILES string of the molecule is CCOC(=O)CCCC(C[PH](=O)CO)c1ccccc1. The Hall–Kier alpha value is -1.12. The summed E-state index contributed by atoms with van der Waals surface area (Å²) in [6.07, 6.45) is 2.12. The van der Waals surface area contributed by atoms with E-state index in [0.717, 1.165) is 12.0 Å². The van der Waals surface area contributed by atoms with Gasteiger partial charge in [-0.05, 0) is 31.2 Å². The number of esters is 1. The van der Waals surface area contributed by atoms with Crippen molar-refractivity contribution in [2.24, 2.45) is 0 Å². The van der Waals surface area contributed by atoms with Crippen LogP contribution >= 0.6 is 7.80 Å². The van der Waals surface area contributed by atoms with E-state index in [1.54, 1.807) is 6.92 Å². The predicted molar refractivity (Wildman–Crippen MR) is 80.6 cm³/mol. The molecular formula is C15H23O4P. The molecule has 2 unspecified atom stereocenters. The molecular weight excluding hydrogens is 275 g/mol. The van der Waals surface area contributed by atoms with E-state index in [1.165, 1.54) is 0 Å². The summed E-state index contributed by atoms with van der Waals surface area (Å²) in [6, 6.07) is 9.84. The molecule has 0 radical (unpaired) electrons. The average Bonchev–Trinajstić information content (AvgIpc) is 2.47. The topological polar surface area (TPSA) is 63.6 Å². The van der Waals surface area contributed by atoms with Crippen molar-refractivity contribution < 1.29 is 19.2 Å². The van der Waals surface area contributed by atoms with Gasteiger partial charge < -0.3 is 14.4 Å². The highest BCUT2D eigenvalue weighted by molar-refractivity contribution is 7.44. The van der Waals surface area contributed by atoms with Crippen LogP contribution in [0.5, 0.6) is 0 Å². The van der Waals surface area contributed by atoms with Crippen LogP contribution in [0, 0.1) is 0 Å². The standard InChI is InChI=1S/C15H23O4P/c1-2-19-15(17)10-6-9-14(11-20(18)12-16)13-7-4-3-5-8-13/h3-5,7-8,14,16,20H,2,6,9-12H2,1H3. The molecule has 1 aromatic carbocycles. The van der Waals surface area contributed by atoms with Gasteiger partial charge in [0.05, 0.1) is 13.0 Å². The molecule has 0 fully saturated rings. The fraction of sp³-hybridized carbons (Fsp3) is 0.533. The molecule has 0 amide bonds.